The van der Waals surface area contributed by atoms with Crippen LogP contribution in [0.5, 0.6) is 5.75 Å². The van der Waals surface area contributed by atoms with Crippen LogP contribution >= 0.6 is 0 Å². The lowest BCUT2D eigenvalue weighted by Gasteiger charge is -2.23. The van der Waals surface area contributed by atoms with Crippen molar-refractivity contribution in [3.05, 3.63) is 29.8 Å². The van der Waals surface area contributed by atoms with Crippen LogP contribution < -0.4 is 10.1 Å². The Morgan fingerprint density at radius 1 is 1.30 bits per heavy atom. The molecule has 0 saturated heterocycles. The van der Waals surface area contributed by atoms with Crippen molar-refractivity contribution >= 4 is 5.97 Å². The molecule has 0 aliphatic rings. The molecule has 112 valence electrons. The minimum atomic E-state index is -0.773. The van der Waals surface area contributed by atoms with Crippen LogP contribution in [0.15, 0.2) is 24.3 Å². The maximum atomic E-state index is 11.4. The van der Waals surface area contributed by atoms with Gasteiger partial charge in [-0.05, 0) is 31.2 Å². The van der Waals surface area contributed by atoms with E-state index in [-0.39, 0.29) is 18.4 Å². The van der Waals surface area contributed by atoms with Crippen LogP contribution in [-0.4, -0.2) is 37.4 Å². The predicted octanol–water partition coefficient (Wildman–Crippen LogP) is 1.66. The molecular formula is C15H23NO4. The molecule has 0 spiro atoms. The first-order valence-electron chi connectivity index (χ1n) is 6.83. The number of aliphatic hydroxyl groups is 1. The Hall–Kier alpha value is -1.59. The van der Waals surface area contributed by atoms with E-state index < -0.39 is 6.10 Å². The van der Waals surface area contributed by atoms with Gasteiger partial charge in [0.2, 0.25) is 0 Å². The van der Waals surface area contributed by atoms with Gasteiger partial charge in [-0.3, -0.25) is 4.79 Å². The number of hydrogen-bond acceptors (Lipinski definition) is 5. The van der Waals surface area contributed by atoms with Crippen molar-refractivity contribution in [2.75, 3.05) is 20.3 Å². The molecular weight excluding hydrogens is 258 g/mol. The molecule has 0 bridgehead atoms. The van der Waals surface area contributed by atoms with Gasteiger partial charge in [0.1, 0.15) is 5.75 Å². The van der Waals surface area contributed by atoms with Crippen LogP contribution in [-0.2, 0) is 9.53 Å². The fourth-order valence-corrected chi connectivity index (χ4v) is 1.98. The van der Waals surface area contributed by atoms with E-state index in [2.05, 4.69) is 10.1 Å². The molecule has 20 heavy (non-hydrogen) atoms. The number of rotatable bonds is 8. The largest absolute Gasteiger partial charge is 0.494 e. The summed E-state index contributed by atoms with van der Waals surface area (Å²) < 4.78 is 10.0. The number of esters is 1. The van der Waals surface area contributed by atoms with Crippen LogP contribution in [0.25, 0.3) is 0 Å². The van der Waals surface area contributed by atoms with E-state index in [0.29, 0.717) is 13.2 Å². The molecule has 0 radical (unpaired) electrons. The summed E-state index contributed by atoms with van der Waals surface area (Å²) in [4.78, 5) is 11.4. The smallest absolute Gasteiger partial charge is 0.307 e. The fourth-order valence-electron chi connectivity index (χ4n) is 1.98. The molecule has 0 aliphatic carbocycles. The first-order chi connectivity index (χ1) is 9.62. The highest BCUT2D eigenvalue weighted by atomic mass is 16.5. The first-order valence-corrected chi connectivity index (χ1v) is 6.83. The highest BCUT2D eigenvalue weighted by Crippen LogP contribution is 2.22. The number of benzene rings is 1. The van der Waals surface area contributed by atoms with Crippen LogP contribution in [0.1, 0.15) is 31.9 Å². The topological polar surface area (TPSA) is 67.8 Å². The van der Waals surface area contributed by atoms with Gasteiger partial charge in [0.15, 0.2) is 0 Å². The van der Waals surface area contributed by atoms with Gasteiger partial charge in [0.05, 0.1) is 26.2 Å². The Morgan fingerprint density at radius 3 is 2.45 bits per heavy atom. The zero-order valence-corrected chi connectivity index (χ0v) is 12.3. The highest BCUT2D eigenvalue weighted by Gasteiger charge is 2.23. The summed E-state index contributed by atoms with van der Waals surface area (Å²) in [6, 6.07) is 6.85. The van der Waals surface area contributed by atoms with E-state index in [4.69, 9.17) is 4.74 Å². The standard InChI is InChI=1S/C15H23NO4/c1-4-16-13(10-14(17)19-3)15(18)11-6-8-12(9-7-11)20-5-2/h6-9,13,15-16,18H,4-5,10H2,1-3H3. The van der Waals surface area contributed by atoms with Crippen molar-refractivity contribution in [2.45, 2.75) is 32.4 Å². The summed E-state index contributed by atoms with van der Waals surface area (Å²) >= 11 is 0. The summed E-state index contributed by atoms with van der Waals surface area (Å²) in [5.41, 5.74) is 0.739. The van der Waals surface area contributed by atoms with Gasteiger partial charge in [-0.25, -0.2) is 0 Å². The van der Waals surface area contributed by atoms with Crippen molar-refractivity contribution in [1.29, 1.82) is 0 Å². The van der Waals surface area contributed by atoms with E-state index in [9.17, 15) is 9.90 Å². The molecule has 0 aromatic heterocycles. The van der Waals surface area contributed by atoms with Gasteiger partial charge in [-0.15, -0.1) is 0 Å². The molecule has 0 aliphatic heterocycles. The Bertz CT molecular complexity index is 405. The van der Waals surface area contributed by atoms with Crippen molar-refractivity contribution in [3.8, 4) is 5.75 Å². The van der Waals surface area contributed by atoms with Gasteiger partial charge in [0, 0.05) is 6.04 Å². The first kappa shape index (κ1) is 16.5. The Kier molecular flexibility index (Phi) is 7.04. The van der Waals surface area contributed by atoms with E-state index in [1.807, 2.05) is 26.0 Å². The Balaban J connectivity index is 2.76. The molecule has 2 atom stereocenters. The third-order valence-corrected chi connectivity index (χ3v) is 2.99. The second-order valence-electron chi connectivity index (χ2n) is 4.39. The van der Waals surface area contributed by atoms with E-state index in [1.165, 1.54) is 7.11 Å². The molecule has 0 heterocycles. The second kappa shape index (κ2) is 8.55. The van der Waals surface area contributed by atoms with Gasteiger partial charge < -0.3 is 19.9 Å². The van der Waals surface area contributed by atoms with Gasteiger partial charge >= 0.3 is 5.97 Å². The fraction of sp³-hybridized carbons (Fsp3) is 0.533. The number of carbonyl (C=O) groups is 1. The molecule has 1 rings (SSSR count). The molecule has 0 fully saturated rings. The number of aliphatic hydroxyl groups excluding tert-OH is 1. The zero-order chi connectivity index (χ0) is 15.0. The van der Waals surface area contributed by atoms with Crippen LogP contribution in [0.4, 0.5) is 0 Å². The molecule has 0 saturated carbocycles. The van der Waals surface area contributed by atoms with Crippen molar-refractivity contribution in [1.82, 2.24) is 5.32 Å². The van der Waals surface area contributed by atoms with Crippen molar-refractivity contribution in [3.63, 3.8) is 0 Å². The normalized spacial score (nSPS) is 13.6. The minimum absolute atomic E-state index is 0.124. The van der Waals surface area contributed by atoms with E-state index in [0.717, 1.165) is 11.3 Å². The highest BCUT2D eigenvalue weighted by molar-refractivity contribution is 5.70. The van der Waals surface area contributed by atoms with E-state index in [1.54, 1.807) is 12.1 Å². The number of methoxy groups -OCH3 is 1. The van der Waals surface area contributed by atoms with E-state index >= 15 is 0 Å². The maximum Gasteiger partial charge on any atom is 0.307 e. The monoisotopic (exact) mass is 281 g/mol. The third-order valence-electron chi connectivity index (χ3n) is 2.99. The van der Waals surface area contributed by atoms with Crippen LogP contribution in [0.3, 0.4) is 0 Å². The minimum Gasteiger partial charge on any atom is -0.494 e. The molecule has 1 aromatic carbocycles. The number of likely N-dealkylation sites (N-methyl/N-ethyl adjacent to an activating group) is 1. The number of ether oxygens (including phenoxy) is 2. The maximum absolute atomic E-state index is 11.4. The van der Waals surface area contributed by atoms with Crippen molar-refractivity contribution in [2.24, 2.45) is 0 Å². The molecule has 5 heteroatoms. The van der Waals surface area contributed by atoms with Crippen LogP contribution in [0.2, 0.25) is 0 Å². The summed E-state index contributed by atoms with van der Waals surface area (Å²) in [5.74, 6) is 0.414. The molecule has 5 nitrogen and oxygen atoms in total. The molecule has 2 unspecified atom stereocenters. The van der Waals surface area contributed by atoms with Gasteiger partial charge in [-0.1, -0.05) is 19.1 Å². The van der Waals surface area contributed by atoms with Crippen LogP contribution in [0, 0.1) is 0 Å². The Labute approximate surface area is 119 Å². The second-order valence-corrected chi connectivity index (χ2v) is 4.39. The zero-order valence-electron chi connectivity index (χ0n) is 12.3. The summed E-state index contributed by atoms with van der Waals surface area (Å²) in [7, 11) is 1.34. The average Bonchev–Trinajstić information content (AvgIpc) is 2.47. The SMILES string of the molecule is CCNC(CC(=O)OC)C(O)c1ccc(OCC)cc1. The lowest BCUT2D eigenvalue weighted by molar-refractivity contribution is -0.142. The third kappa shape index (κ3) is 4.83. The molecule has 2 N–H and O–H groups in total. The summed E-state index contributed by atoms with van der Waals surface area (Å²) in [6.45, 7) is 5.11. The number of nitrogens with one attached hydrogen (secondary N) is 1. The summed E-state index contributed by atoms with van der Waals surface area (Å²) in [6.07, 6.45) is -0.650. The average molecular weight is 281 g/mol. The lowest BCUT2D eigenvalue weighted by Crippen LogP contribution is -2.37. The Morgan fingerprint density at radius 2 is 1.95 bits per heavy atom. The molecule has 0 amide bonds. The number of hydrogen-bond donors (Lipinski definition) is 2. The quantitative estimate of drug-likeness (QED) is 0.709. The summed E-state index contributed by atoms with van der Waals surface area (Å²) in [5, 5.41) is 13.5. The lowest BCUT2D eigenvalue weighted by atomic mass is 9.99. The van der Waals surface area contributed by atoms with Gasteiger partial charge in [-0.2, -0.15) is 0 Å². The van der Waals surface area contributed by atoms with Crippen molar-refractivity contribution < 1.29 is 19.4 Å². The van der Waals surface area contributed by atoms with Gasteiger partial charge in [0.25, 0.3) is 0 Å². The number of carbonyl (C=O) groups excluding carboxylic acids is 1. The molecule has 1 aromatic rings. The predicted molar refractivity (Wildman–Crippen MR) is 76.7 cm³/mol.